The number of hydrogen-bond acceptors (Lipinski definition) is 7. The maximum Gasteiger partial charge on any atom is 0.245 e. The zero-order chi connectivity index (χ0) is 24.9. The highest BCUT2D eigenvalue weighted by Gasteiger charge is 2.24. The first-order valence-electron chi connectivity index (χ1n) is 11.7. The number of aromatic nitrogens is 4. The van der Waals surface area contributed by atoms with Gasteiger partial charge in [-0.15, -0.1) is 0 Å². The van der Waals surface area contributed by atoms with Gasteiger partial charge in [0.15, 0.2) is 0 Å². The van der Waals surface area contributed by atoms with Crippen LogP contribution in [0.15, 0.2) is 74.0 Å². The van der Waals surface area contributed by atoms with Crippen LogP contribution in [0.25, 0.3) is 10.9 Å². The van der Waals surface area contributed by atoms with Crippen LogP contribution in [0.5, 0.6) is 5.75 Å². The van der Waals surface area contributed by atoms with Gasteiger partial charge in [-0.05, 0) is 54.8 Å². The molecule has 1 fully saturated rings. The number of fused-ring (bicyclic) bond motifs is 1. The number of piperidine rings is 1. The Hall–Kier alpha value is -4.04. The van der Waals surface area contributed by atoms with E-state index in [9.17, 15) is 4.79 Å². The first kappa shape index (κ1) is 23.7. The lowest BCUT2D eigenvalue weighted by Crippen LogP contribution is -2.38. The topological polar surface area (TPSA) is 93.1 Å². The Morgan fingerprint density at radius 1 is 1.19 bits per heavy atom. The van der Waals surface area contributed by atoms with Crippen LogP contribution in [-0.2, 0) is 11.4 Å². The van der Waals surface area contributed by atoms with Gasteiger partial charge in [-0.25, -0.2) is 9.97 Å². The van der Waals surface area contributed by atoms with Gasteiger partial charge in [-0.2, -0.15) is 0 Å². The lowest BCUT2D eigenvalue weighted by molar-refractivity contribution is -0.127. The molecule has 36 heavy (non-hydrogen) atoms. The molecule has 1 N–H and O–H groups in total. The van der Waals surface area contributed by atoms with E-state index >= 15 is 0 Å². The number of amides is 1. The van der Waals surface area contributed by atoms with Crippen LogP contribution in [0.1, 0.15) is 30.0 Å². The second-order valence-electron chi connectivity index (χ2n) is 8.58. The second-order valence-corrected chi connectivity index (χ2v) is 8.99. The first-order valence-corrected chi connectivity index (χ1v) is 12.1. The maximum atomic E-state index is 12.1. The molecule has 1 aliphatic rings. The number of anilines is 2. The summed E-state index contributed by atoms with van der Waals surface area (Å²) in [7, 11) is 0. The van der Waals surface area contributed by atoms with Crippen LogP contribution in [0.4, 0.5) is 11.5 Å². The Balaban J connectivity index is 1.35. The standard InChI is InChI=1S/C27H25ClN6O2/c1-2-26(35)34-11-3-4-19(15-34)18-5-7-24-22(12-18)27(32-17-31-24)33-20-6-8-25(23(28)13-20)36-16-21-14-29-9-10-30-21/h2,5-10,12-14,17,19H,1,3-4,11,15-16H2,(H,31,32,33). The van der Waals surface area contributed by atoms with Gasteiger partial charge >= 0.3 is 0 Å². The minimum atomic E-state index is -0.0211. The van der Waals surface area contributed by atoms with Crippen molar-refractivity contribution in [2.75, 3.05) is 18.4 Å². The van der Waals surface area contributed by atoms with Crippen molar-refractivity contribution >= 4 is 39.9 Å². The number of benzene rings is 2. The van der Waals surface area contributed by atoms with Crippen LogP contribution >= 0.6 is 11.6 Å². The molecule has 3 heterocycles. The lowest BCUT2D eigenvalue weighted by Gasteiger charge is -2.32. The molecule has 1 atom stereocenters. The molecule has 182 valence electrons. The minimum absolute atomic E-state index is 0.0211. The predicted molar refractivity (Wildman–Crippen MR) is 139 cm³/mol. The molecule has 1 amide bonds. The second kappa shape index (κ2) is 10.7. The van der Waals surface area contributed by atoms with Crippen molar-refractivity contribution in [1.82, 2.24) is 24.8 Å². The molecular formula is C27H25ClN6O2. The van der Waals surface area contributed by atoms with Gasteiger partial charge in [-0.1, -0.05) is 24.2 Å². The molecule has 5 rings (SSSR count). The average Bonchev–Trinajstić information content (AvgIpc) is 2.93. The summed E-state index contributed by atoms with van der Waals surface area (Å²) >= 11 is 6.49. The molecule has 1 saturated heterocycles. The van der Waals surface area contributed by atoms with Crippen LogP contribution < -0.4 is 10.1 Å². The van der Waals surface area contributed by atoms with E-state index in [4.69, 9.17) is 16.3 Å². The van der Waals surface area contributed by atoms with E-state index in [1.54, 1.807) is 24.7 Å². The summed E-state index contributed by atoms with van der Waals surface area (Å²) in [4.78, 5) is 31.1. The minimum Gasteiger partial charge on any atom is -0.486 e. The summed E-state index contributed by atoms with van der Waals surface area (Å²) in [6, 6.07) is 11.7. The number of nitrogens with one attached hydrogen (secondary N) is 1. The summed E-state index contributed by atoms with van der Waals surface area (Å²) in [6.07, 6.45) is 9.79. The Kier molecular flexibility index (Phi) is 7.04. The molecule has 2 aromatic heterocycles. The van der Waals surface area contributed by atoms with Gasteiger partial charge in [-0.3, -0.25) is 14.8 Å². The van der Waals surface area contributed by atoms with E-state index in [0.29, 0.717) is 28.8 Å². The van der Waals surface area contributed by atoms with Crippen molar-refractivity contribution in [3.05, 3.63) is 90.3 Å². The van der Waals surface area contributed by atoms with Gasteiger partial charge in [0.05, 0.1) is 22.4 Å². The average molecular weight is 501 g/mol. The molecule has 0 spiro atoms. The van der Waals surface area contributed by atoms with Crippen molar-refractivity contribution in [3.8, 4) is 5.75 Å². The van der Waals surface area contributed by atoms with Crippen molar-refractivity contribution in [2.45, 2.75) is 25.4 Å². The van der Waals surface area contributed by atoms with Gasteiger partial charge in [0, 0.05) is 42.5 Å². The summed E-state index contributed by atoms with van der Waals surface area (Å²) in [5.41, 5.74) is 3.49. The third-order valence-corrected chi connectivity index (χ3v) is 6.52. The molecular weight excluding hydrogens is 476 g/mol. The summed E-state index contributed by atoms with van der Waals surface area (Å²) in [5, 5.41) is 4.74. The van der Waals surface area contributed by atoms with Crippen molar-refractivity contribution < 1.29 is 9.53 Å². The predicted octanol–water partition coefficient (Wildman–Crippen LogP) is 5.29. The normalized spacial score (nSPS) is 15.5. The Morgan fingerprint density at radius 3 is 2.92 bits per heavy atom. The zero-order valence-electron chi connectivity index (χ0n) is 19.6. The maximum absolute atomic E-state index is 12.1. The van der Waals surface area contributed by atoms with Crippen LogP contribution in [0.2, 0.25) is 5.02 Å². The monoisotopic (exact) mass is 500 g/mol. The van der Waals surface area contributed by atoms with E-state index in [2.05, 4.69) is 44.0 Å². The van der Waals surface area contributed by atoms with E-state index in [-0.39, 0.29) is 18.4 Å². The molecule has 0 radical (unpaired) electrons. The molecule has 8 nitrogen and oxygen atoms in total. The molecule has 1 unspecified atom stereocenters. The van der Waals surface area contributed by atoms with Crippen molar-refractivity contribution in [2.24, 2.45) is 0 Å². The number of halogens is 1. The number of carbonyl (C=O) groups is 1. The van der Waals surface area contributed by atoms with E-state index < -0.39 is 0 Å². The fraction of sp³-hybridized carbons (Fsp3) is 0.222. The summed E-state index contributed by atoms with van der Waals surface area (Å²) < 4.78 is 5.79. The number of nitrogens with zero attached hydrogens (tertiary/aromatic N) is 5. The highest BCUT2D eigenvalue weighted by molar-refractivity contribution is 6.32. The first-order chi connectivity index (χ1) is 17.6. The number of likely N-dealkylation sites (tertiary alicyclic amines) is 1. The van der Waals surface area contributed by atoms with Crippen LogP contribution in [0.3, 0.4) is 0 Å². The van der Waals surface area contributed by atoms with Gasteiger partial charge < -0.3 is 15.0 Å². The molecule has 2 aromatic carbocycles. The van der Waals surface area contributed by atoms with E-state index in [1.165, 1.54) is 12.4 Å². The molecule has 1 aliphatic heterocycles. The Morgan fingerprint density at radius 2 is 2.11 bits per heavy atom. The third-order valence-electron chi connectivity index (χ3n) is 6.23. The van der Waals surface area contributed by atoms with Gasteiger partial charge in [0.1, 0.15) is 24.5 Å². The van der Waals surface area contributed by atoms with Crippen molar-refractivity contribution in [3.63, 3.8) is 0 Å². The molecule has 0 aliphatic carbocycles. The van der Waals surface area contributed by atoms with E-state index in [1.807, 2.05) is 23.1 Å². The summed E-state index contributed by atoms with van der Waals surface area (Å²) in [5.74, 6) is 1.46. The third kappa shape index (κ3) is 5.28. The smallest absolute Gasteiger partial charge is 0.245 e. The van der Waals surface area contributed by atoms with Crippen LogP contribution in [-0.4, -0.2) is 43.8 Å². The van der Waals surface area contributed by atoms with Gasteiger partial charge in [0.25, 0.3) is 0 Å². The molecule has 9 heteroatoms. The SMILES string of the molecule is C=CC(=O)N1CCCC(c2ccc3ncnc(Nc4ccc(OCc5cnccn5)c(Cl)c4)c3c2)C1. The highest BCUT2D eigenvalue weighted by Crippen LogP contribution is 2.33. The largest absolute Gasteiger partial charge is 0.486 e. The summed E-state index contributed by atoms with van der Waals surface area (Å²) in [6.45, 7) is 5.34. The Bertz CT molecular complexity index is 1400. The van der Waals surface area contributed by atoms with Crippen LogP contribution in [0, 0.1) is 0 Å². The number of rotatable bonds is 7. The number of ether oxygens (including phenoxy) is 1. The van der Waals surface area contributed by atoms with Gasteiger partial charge in [0.2, 0.25) is 5.91 Å². The lowest BCUT2D eigenvalue weighted by atomic mass is 9.90. The molecule has 0 bridgehead atoms. The molecule has 4 aromatic rings. The van der Waals surface area contributed by atoms with Crippen molar-refractivity contribution in [1.29, 1.82) is 0 Å². The molecule has 0 saturated carbocycles. The number of hydrogen-bond donors (Lipinski definition) is 1. The quantitative estimate of drug-likeness (QED) is 0.345. The number of carbonyl (C=O) groups excluding carboxylic acids is 1. The van der Waals surface area contributed by atoms with E-state index in [0.717, 1.165) is 41.5 Å². The fourth-order valence-corrected chi connectivity index (χ4v) is 4.63. The zero-order valence-corrected chi connectivity index (χ0v) is 20.4. The Labute approximate surface area is 214 Å². The highest BCUT2D eigenvalue weighted by atomic mass is 35.5. The fourth-order valence-electron chi connectivity index (χ4n) is 4.39.